The summed E-state index contributed by atoms with van der Waals surface area (Å²) in [5.74, 6) is -0.0138. The van der Waals surface area contributed by atoms with Crippen LogP contribution in [0.4, 0.5) is 4.39 Å². The van der Waals surface area contributed by atoms with Crippen molar-refractivity contribution in [3.63, 3.8) is 0 Å². The number of carbonyl (C=O) groups is 1. The van der Waals surface area contributed by atoms with Gasteiger partial charge < -0.3 is 10.2 Å². The molecule has 1 N–H and O–H groups in total. The zero-order valence-corrected chi connectivity index (χ0v) is 15.9. The molecule has 0 aromatic heterocycles. The molecule has 0 bridgehead atoms. The van der Waals surface area contributed by atoms with Crippen molar-refractivity contribution in [1.29, 1.82) is 0 Å². The summed E-state index contributed by atoms with van der Waals surface area (Å²) in [6, 6.07) is 14.3. The van der Waals surface area contributed by atoms with E-state index in [0.717, 1.165) is 17.5 Å². The molecule has 0 aliphatic carbocycles. The molecule has 2 aromatic carbocycles. The number of rotatable bonds is 6. The van der Waals surface area contributed by atoms with Gasteiger partial charge >= 0.3 is 0 Å². The maximum Gasteiger partial charge on any atom is 0.264 e. The lowest BCUT2D eigenvalue weighted by Gasteiger charge is -2.20. The van der Waals surface area contributed by atoms with E-state index in [1.54, 1.807) is 12.1 Å². The topological polar surface area (TPSA) is 50.7 Å². The van der Waals surface area contributed by atoms with Gasteiger partial charge in [0.1, 0.15) is 5.82 Å². The largest absolute Gasteiger partial charge is 0.382 e. The Morgan fingerprint density at radius 3 is 2.37 bits per heavy atom. The van der Waals surface area contributed by atoms with E-state index in [9.17, 15) is 9.18 Å². The lowest BCUT2D eigenvalue weighted by Crippen LogP contribution is -2.37. The van der Waals surface area contributed by atoms with E-state index in [4.69, 9.17) is 4.84 Å². The first kappa shape index (κ1) is 19.1. The molecule has 0 spiro atoms. The zero-order chi connectivity index (χ0) is 19.4. The first-order valence-electron chi connectivity index (χ1n) is 9.36. The standard InChI is InChI=1S/C22H25FN2O2/c1-4-19(16-7-5-15(6-8-16)14(2)3)24-22(26)21-13-20(25-27-21)17-9-11-18(23)12-10-17/h5-12,14,19,21H,4,13H2,1-3H3,(H,24,26). The van der Waals surface area contributed by atoms with Gasteiger partial charge in [0, 0.05) is 6.42 Å². The highest BCUT2D eigenvalue weighted by Crippen LogP contribution is 2.23. The van der Waals surface area contributed by atoms with Crippen molar-refractivity contribution in [3.05, 3.63) is 71.0 Å². The molecule has 1 amide bonds. The normalized spacial score (nSPS) is 17.4. The van der Waals surface area contributed by atoms with Gasteiger partial charge in [0.05, 0.1) is 11.8 Å². The molecule has 5 heteroatoms. The SMILES string of the molecule is CCC(NC(=O)C1CC(c2ccc(F)cc2)=NO1)c1ccc(C(C)C)cc1. The van der Waals surface area contributed by atoms with Crippen LogP contribution in [0.5, 0.6) is 0 Å². The van der Waals surface area contributed by atoms with Crippen LogP contribution in [0.15, 0.2) is 53.7 Å². The number of hydrogen-bond donors (Lipinski definition) is 1. The van der Waals surface area contributed by atoms with Gasteiger partial charge in [-0.2, -0.15) is 0 Å². The van der Waals surface area contributed by atoms with Crippen molar-refractivity contribution in [2.24, 2.45) is 5.16 Å². The average molecular weight is 368 g/mol. The van der Waals surface area contributed by atoms with Crippen LogP contribution < -0.4 is 5.32 Å². The Hall–Kier alpha value is -2.69. The van der Waals surface area contributed by atoms with E-state index >= 15 is 0 Å². The maximum absolute atomic E-state index is 13.1. The van der Waals surface area contributed by atoms with Gasteiger partial charge in [0.2, 0.25) is 6.10 Å². The van der Waals surface area contributed by atoms with Gasteiger partial charge in [-0.15, -0.1) is 0 Å². The van der Waals surface area contributed by atoms with E-state index in [-0.39, 0.29) is 17.8 Å². The Bertz CT molecular complexity index is 813. The van der Waals surface area contributed by atoms with Crippen LogP contribution in [0, 0.1) is 5.82 Å². The highest BCUT2D eigenvalue weighted by molar-refractivity contribution is 6.04. The van der Waals surface area contributed by atoms with Crippen LogP contribution in [-0.4, -0.2) is 17.7 Å². The predicted molar refractivity (Wildman–Crippen MR) is 104 cm³/mol. The summed E-state index contributed by atoms with van der Waals surface area (Å²) >= 11 is 0. The molecular formula is C22H25FN2O2. The van der Waals surface area contributed by atoms with Crippen molar-refractivity contribution in [1.82, 2.24) is 5.32 Å². The molecule has 1 aliphatic rings. The van der Waals surface area contributed by atoms with Gasteiger partial charge in [-0.25, -0.2) is 4.39 Å². The van der Waals surface area contributed by atoms with Gasteiger partial charge in [-0.3, -0.25) is 4.79 Å². The maximum atomic E-state index is 13.1. The number of benzene rings is 2. The Labute approximate surface area is 159 Å². The van der Waals surface area contributed by atoms with Gasteiger partial charge in [0.15, 0.2) is 0 Å². The van der Waals surface area contributed by atoms with E-state index < -0.39 is 6.10 Å². The highest BCUT2D eigenvalue weighted by atomic mass is 19.1. The number of nitrogens with one attached hydrogen (secondary N) is 1. The van der Waals surface area contributed by atoms with Crippen molar-refractivity contribution < 1.29 is 14.0 Å². The average Bonchev–Trinajstić information content (AvgIpc) is 3.17. The predicted octanol–water partition coefficient (Wildman–Crippen LogP) is 4.71. The Kier molecular flexibility index (Phi) is 5.89. The summed E-state index contributed by atoms with van der Waals surface area (Å²) in [4.78, 5) is 18.0. The summed E-state index contributed by atoms with van der Waals surface area (Å²) in [7, 11) is 0. The number of oxime groups is 1. The molecule has 0 saturated heterocycles. The van der Waals surface area contributed by atoms with Crippen LogP contribution >= 0.6 is 0 Å². The second-order valence-electron chi connectivity index (χ2n) is 7.13. The van der Waals surface area contributed by atoms with E-state index in [0.29, 0.717) is 18.1 Å². The summed E-state index contributed by atoms with van der Waals surface area (Å²) in [6.07, 6.45) is 0.500. The molecular weight excluding hydrogens is 343 g/mol. The molecule has 3 rings (SSSR count). The lowest BCUT2D eigenvalue weighted by atomic mass is 9.97. The first-order chi connectivity index (χ1) is 13.0. The fourth-order valence-electron chi connectivity index (χ4n) is 3.13. The van der Waals surface area contributed by atoms with E-state index in [1.165, 1.54) is 17.7 Å². The lowest BCUT2D eigenvalue weighted by molar-refractivity contribution is -0.132. The number of halogens is 1. The molecule has 2 atom stereocenters. The zero-order valence-electron chi connectivity index (χ0n) is 15.9. The van der Waals surface area contributed by atoms with Crippen LogP contribution in [0.25, 0.3) is 0 Å². The molecule has 0 saturated carbocycles. The molecule has 0 fully saturated rings. The quantitative estimate of drug-likeness (QED) is 0.803. The fraction of sp³-hybridized carbons (Fsp3) is 0.364. The third-order valence-corrected chi connectivity index (χ3v) is 4.87. The second-order valence-corrected chi connectivity index (χ2v) is 7.13. The van der Waals surface area contributed by atoms with Crippen LogP contribution in [0.2, 0.25) is 0 Å². The van der Waals surface area contributed by atoms with Crippen molar-refractivity contribution in [3.8, 4) is 0 Å². The molecule has 142 valence electrons. The van der Waals surface area contributed by atoms with Crippen molar-refractivity contribution in [2.45, 2.75) is 51.7 Å². The number of hydrogen-bond acceptors (Lipinski definition) is 3. The number of amides is 1. The summed E-state index contributed by atoms with van der Waals surface area (Å²) in [5, 5.41) is 7.07. The van der Waals surface area contributed by atoms with E-state index in [2.05, 4.69) is 48.6 Å². The molecule has 0 radical (unpaired) electrons. The van der Waals surface area contributed by atoms with Crippen LogP contribution in [-0.2, 0) is 9.63 Å². The Morgan fingerprint density at radius 1 is 1.15 bits per heavy atom. The molecule has 1 aliphatic heterocycles. The summed E-state index contributed by atoms with van der Waals surface area (Å²) in [6.45, 7) is 6.35. The highest BCUT2D eigenvalue weighted by Gasteiger charge is 2.30. The minimum Gasteiger partial charge on any atom is -0.382 e. The second kappa shape index (κ2) is 8.33. The molecule has 2 aromatic rings. The van der Waals surface area contributed by atoms with Crippen molar-refractivity contribution in [2.75, 3.05) is 0 Å². The van der Waals surface area contributed by atoms with E-state index in [1.807, 2.05) is 6.92 Å². The summed E-state index contributed by atoms with van der Waals surface area (Å²) in [5.41, 5.74) is 3.77. The Morgan fingerprint density at radius 2 is 1.78 bits per heavy atom. The van der Waals surface area contributed by atoms with Crippen LogP contribution in [0.1, 0.15) is 62.3 Å². The van der Waals surface area contributed by atoms with Crippen LogP contribution in [0.3, 0.4) is 0 Å². The monoisotopic (exact) mass is 368 g/mol. The Balaban J connectivity index is 1.61. The third kappa shape index (κ3) is 4.54. The first-order valence-corrected chi connectivity index (χ1v) is 9.36. The minimum absolute atomic E-state index is 0.0721. The fourth-order valence-corrected chi connectivity index (χ4v) is 3.13. The molecule has 27 heavy (non-hydrogen) atoms. The smallest absolute Gasteiger partial charge is 0.264 e. The van der Waals surface area contributed by atoms with Crippen molar-refractivity contribution >= 4 is 11.6 Å². The summed E-state index contributed by atoms with van der Waals surface area (Å²) < 4.78 is 13.1. The van der Waals surface area contributed by atoms with Gasteiger partial charge in [-0.1, -0.05) is 62.3 Å². The molecule has 2 unspecified atom stereocenters. The van der Waals surface area contributed by atoms with Gasteiger partial charge in [-0.05, 0) is 41.2 Å². The minimum atomic E-state index is -0.658. The number of nitrogens with zero attached hydrogens (tertiary/aromatic N) is 1. The van der Waals surface area contributed by atoms with Gasteiger partial charge in [0.25, 0.3) is 5.91 Å². The number of carbonyl (C=O) groups excluding carboxylic acids is 1. The third-order valence-electron chi connectivity index (χ3n) is 4.87. The molecule has 4 nitrogen and oxygen atoms in total. The molecule has 1 heterocycles.